The molecule has 1 saturated carbocycles. The van der Waals surface area contributed by atoms with E-state index in [1.807, 2.05) is 24.3 Å². The lowest BCUT2D eigenvalue weighted by Crippen LogP contribution is -2.47. The van der Waals surface area contributed by atoms with E-state index in [-0.39, 0.29) is 11.4 Å². The van der Waals surface area contributed by atoms with Crippen LogP contribution in [0, 0.1) is 0 Å². The molecule has 0 unspecified atom stereocenters. The Balaban J connectivity index is 1.38. The van der Waals surface area contributed by atoms with Crippen molar-refractivity contribution in [2.75, 3.05) is 5.32 Å². The summed E-state index contributed by atoms with van der Waals surface area (Å²) in [5, 5.41) is 16.1. The van der Waals surface area contributed by atoms with Crippen molar-refractivity contribution < 1.29 is 4.79 Å². The van der Waals surface area contributed by atoms with Gasteiger partial charge < -0.3 is 10.6 Å². The van der Waals surface area contributed by atoms with E-state index in [0.29, 0.717) is 11.6 Å². The standard InChI is InChI=1S/C22H23BrN4OS/c1-2-15-4-10-18(11-5-15)25-20(28)21-27-26-19(29-21)14-24-22(12-3-13-22)16-6-8-17(23)9-7-16/h4-11,24H,2-3,12-14H2,1H3,(H,25,28). The maximum absolute atomic E-state index is 12.5. The predicted octanol–water partition coefficient (Wildman–Crippen LogP) is 5.28. The molecule has 1 aromatic heterocycles. The lowest BCUT2D eigenvalue weighted by atomic mass is 9.72. The van der Waals surface area contributed by atoms with Gasteiger partial charge in [-0.1, -0.05) is 58.5 Å². The number of nitrogens with one attached hydrogen (secondary N) is 2. The molecule has 1 heterocycles. The zero-order chi connectivity index (χ0) is 20.3. The largest absolute Gasteiger partial charge is 0.320 e. The third-order valence-electron chi connectivity index (χ3n) is 5.46. The highest BCUT2D eigenvalue weighted by Crippen LogP contribution is 2.41. The molecule has 7 heteroatoms. The normalized spacial score (nSPS) is 15.0. The summed E-state index contributed by atoms with van der Waals surface area (Å²) in [6, 6.07) is 16.4. The maximum Gasteiger partial charge on any atom is 0.286 e. The molecule has 0 bridgehead atoms. The molecule has 4 rings (SSSR count). The van der Waals surface area contributed by atoms with Crippen LogP contribution in [0.5, 0.6) is 0 Å². The molecule has 0 saturated heterocycles. The topological polar surface area (TPSA) is 66.9 Å². The van der Waals surface area contributed by atoms with Crippen molar-refractivity contribution in [2.45, 2.75) is 44.7 Å². The van der Waals surface area contributed by atoms with Gasteiger partial charge in [0.15, 0.2) is 0 Å². The number of carbonyl (C=O) groups is 1. The molecular formula is C22H23BrN4OS. The van der Waals surface area contributed by atoms with Crippen LogP contribution in [0.3, 0.4) is 0 Å². The molecule has 2 N–H and O–H groups in total. The number of amides is 1. The van der Waals surface area contributed by atoms with Gasteiger partial charge in [0.1, 0.15) is 5.01 Å². The minimum absolute atomic E-state index is 0.00415. The number of benzene rings is 2. The summed E-state index contributed by atoms with van der Waals surface area (Å²) in [5.41, 5.74) is 3.30. The molecule has 1 aliphatic rings. The number of anilines is 1. The maximum atomic E-state index is 12.5. The number of hydrogen-bond donors (Lipinski definition) is 2. The van der Waals surface area contributed by atoms with Crippen molar-refractivity contribution in [1.29, 1.82) is 0 Å². The van der Waals surface area contributed by atoms with Crippen LogP contribution in [0.15, 0.2) is 53.0 Å². The Morgan fingerprint density at radius 3 is 2.45 bits per heavy atom. The van der Waals surface area contributed by atoms with Gasteiger partial charge in [0.2, 0.25) is 5.01 Å². The van der Waals surface area contributed by atoms with Crippen molar-refractivity contribution in [1.82, 2.24) is 15.5 Å². The SMILES string of the molecule is CCc1ccc(NC(=O)c2nnc(CNC3(c4ccc(Br)cc4)CCC3)s2)cc1. The van der Waals surface area contributed by atoms with Crippen molar-refractivity contribution in [3.8, 4) is 0 Å². The smallest absolute Gasteiger partial charge is 0.286 e. The lowest BCUT2D eigenvalue weighted by Gasteiger charge is -2.43. The van der Waals surface area contributed by atoms with Gasteiger partial charge in [-0.3, -0.25) is 4.79 Å². The van der Waals surface area contributed by atoms with Gasteiger partial charge in [-0.2, -0.15) is 0 Å². The first kappa shape index (κ1) is 20.2. The Morgan fingerprint density at radius 1 is 1.10 bits per heavy atom. The van der Waals surface area contributed by atoms with Crippen LogP contribution in [-0.2, 0) is 18.5 Å². The van der Waals surface area contributed by atoms with E-state index in [4.69, 9.17) is 0 Å². The Hall–Kier alpha value is -2.09. The van der Waals surface area contributed by atoms with E-state index in [9.17, 15) is 4.79 Å². The van der Waals surface area contributed by atoms with Gasteiger partial charge in [0.25, 0.3) is 5.91 Å². The lowest BCUT2D eigenvalue weighted by molar-refractivity contribution is 0.102. The Labute approximate surface area is 183 Å². The highest BCUT2D eigenvalue weighted by atomic mass is 79.9. The number of rotatable bonds is 7. The number of aryl methyl sites for hydroxylation is 1. The number of aromatic nitrogens is 2. The Kier molecular flexibility index (Phi) is 6.08. The van der Waals surface area contributed by atoms with Gasteiger partial charge in [-0.05, 0) is 61.1 Å². The Bertz CT molecular complexity index is 981. The fourth-order valence-corrected chi connectivity index (χ4v) is 4.48. The molecule has 0 atom stereocenters. The van der Waals surface area contributed by atoms with Crippen LogP contribution in [0.1, 0.15) is 52.1 Å². The second-order valence-corrected chi connectivity index (χ2v) is 9.28. The molecule has 1 aliphatic carbocycles. The number of nitrogens with zero attached hydrogens (tertiary/aromatic N) is 2. The monoisotopic (exact) mass is 470 g/mol. The molecule has 0 radical (unpaired) electrons. The number of halogens is 1. The van der Waals surface area contributed by atoms with E-state index in [1.54, 1.807) is 0 Å². The van der Waals surface area contributed by atoms with E-state index >= 15 is 0 Å². The molecule has 1 fully saturated rings. The molecule has 0 spiro atoms. The third kappa shape index (κ3) is 4.57. The van der Waals surface area contributed by atoms with Crippen molar-refractivity contribution in [3.05, 3.63) is 74.1 Å². The van der Waals surface area contributed by atoms with Gasteiger partial charge in [0, 0.05) is 15.7 Å². The zero-order valence-corrected chi connectivity index (χ0v) is 18.6. The molecule has 150 valence electrons. The summed E-state index contributed by atoms with van der Waals surface area (Å²) in [6.07, 6.45) is 4.40. The first-order valence-electron chi connectivity index (χ1n) is 9.82. The highest BCUT2D eigenvalue weighted by molar-refractivity contribution is 9.10. The summed E-state index contributed by atoms with van der Waals surface area (Å²) >= 11 is 4.84. The first-order valence-corrected chi connectivity index (χ1v) is 11.4. The van der Waals surface area contributed by atoms with Gasteiger partial charge in [-0.25, -0.2) is 0 Å². The number of hydrogen-bond acceptors (Lipinski definition) is 5. The fourth-order valence-electron chi connectivity index (χ4n) is 3.54. The average Bonchev–Trinajstić information content (AvgIpc) is 3.18. The van der Waals surface area contributed by atoms with Crippen LogP contribution >= 0.6 is 27.3 Å². The minimum Gasteiger partial charge on any atom is -0.320 e. The van der Waals surface area contributed by atoms with E-state index in [0.717, 1.165) is 34.4 Å². The van der Waals surface area contributed by atoms with Gasteiger partial charge in [0.05, 0.1) is 6.54 Å². The fraction of sp³-hybridized carbons (Fsp3) is 0.318. The van der Waals surface area contributed by atoms with Crippen molar-refractivity contribution in [2.24, 2.45) is 0 Å². The molecular weight excluding hydrogens is 448 g/mol. The van der Waals surface area contributed by atoms with Crippen LogP contribution in [0.4, 0.5) is 5.69 Å². The van der Waals surface area contributed by atoms with Crippen LogP contribution < -0.4 is 10.6 Å². The Morgan fingerprint density at radius 2 is 1.83 bits per heavy atom. The van der Waals surface area contributed by atoms with Crippen LogP contribution in [-0.4, -0.2) is 16.1 Å². The zero-order valence-electron chi connectivity index (χ0n) is 16.2. The average molecular weight is 471 g/mol. The molecule has 5 nitrogen and oxygen atoms in total. The second kappa shape index (κ2) is 8.73. The summed E-state index contributed by atoms with van der Waals surface area (Å²) in [7, 11) is 0. The summed E-state index contributed by atoms with van der Waals surface area (Å²) < 4.78 is 1.08. The van der Waals surface area contributed by atoms with E-state index in [2.05, 4.69) is 68.0 Å². The molecule has 0 aliphatic heterocycles. The summed E-state index contributed by atoms with van der Waals surface area (Å²) in [5.74, 6) is -0.218. The quantitative estimate of drug-likeness (QED) is 0.492. The molecule has 1 amide bonds. The van der Waals surface area contributed by atoms with Crippen molar-refractivity contribution >= 4 is 38.9 Å². The first-order chi connectivity index (χ1) is 14.1. The summed E-state index contributed by atoms with van der Waals surface area (Å²) in [6.45, 7) is 2.71. The molecule has 29 heavy (non-hydrogen) atoms. The van der Waals surface area contributed by atoms with Crippen LogP contribution in [0.25, 0.3) is 0 Å². The van der Waals surface area contributed by atoms with Crippen molar-refractivity contribution in [3.63, 3.8) is 0 Å². The summed E-state index contributed by atoms with van der Waals surface area (Å²) in [4.78, 5) is 12.5. The molecule has 3 aromatic rings. The van der Waals surface area contributed by atoms with Gasteiger partial charge >= 0.3 is 0 Å². The van der Waals surface area contributed by atoms with Crippen LogP contribution in [0.2, 0.25) is 0 Å². The molecule has 2 aromatic carbocycles. The van der Waals surface area contributed by atoms with Gasteiger partial charge in [-0.15, -0.1) is 10.2 Å². The number of carbonyl (C=O) groups excluding carboxylic acids is 1. The predicted molar refractivity (Wildman–Crippen MR) is 120 cm³/mol. The second-order valence-electron chi connectivity index (χ2n) is 7.30. The third-order valence-corrected chi connectivity index (χ3v) is 6.91. The van der Waals surface area contributed by atoms with E-state index in [1.165, 1.54) is 28.9 Å². The highest BCUT2D eigenvalue weighted by Gasteiger charge is 2.38. The van der Waals surface area contributed by atoms with E-state index < -0.39 is 0 Å². The minimum atomic E-state index is -0.218.